The van der Waals surface area contributed by atoms with Gasteiger partial charge >= 0.3 is 0 Å². The Labute approximate surface area is 324 Å². The number of ether oxygens (including phenoxy) is 1. The number of carbonyl (C=O) groups is 1. The van der Waals surface area contributed by atoms with Crippen LogP contribution in [0.5, 0.6) is 5.75 Å². The van der Waals surface area contributed by atoms with Gasteiger partial charge in [0, 0.05) is 75.5 Å². The number of amides is 1. The van der Waals surface area contributed by atoms with E-state index >= 15 is 0 Å². The summed E-state index contributed by atoms with van der Waals surface area (Å²) < 4.78 is 37.3. The number of fused-ring (bicyclic) bond motifs is 3. The molecule has 4 heterocycles. The zero-order valence-corrected chi connectivity index (χ0v) is 33.6. The number of rotatable bonds is 5. The Kier molecular flexibility index (Phi) is 14.0. The van der Waals surface area contributed by atoms with E-state index in [9.17, 15) is 13.4 Å². The minimum absolute atomic E-state index is 0.134. The quantitative estimate of drug-likeness (QED) is 0.317. The number of aryl methyl sites for hydroxylation is 1. The summed E-state index contributed by atoms with van der Waals surface area (Å²) in [7, 11) is -0.526. The highest BCUT2D eigenvalue weighted by molar-refractivity contribution is 7.84. The first-order valence-corrected chi connectivity index (χ1v) is 21.5. The van der Waals surface area contributed by atoms with Gasteiger partial charge in [0.1, 0.15) is 22.9 Å². The predicted octanol–water partition coefficient (Wildman–Crippen LogP) is 7.02. The number of allylic oxidation sites excluding steroid dienone is 1. The Morgan fingerprint density at radius 1 is 1.04 bits per heavy atom. The molecule has 2 aromatic carbocycles. The summed E-state index contributed by atoms with van der Waals surface area (Å²) in [6, 6.07) is 12.3. The van der Waals surface area contributed by atoms with Gasteiger partial charge in [0.05, 0.1) is 17.5 Å². The van der Waals surface area contributed by atoms with E-state index in [-0.39, 0.29) is 23.0 Å². The molecule has 8 nitrogen and oxygen atoms in total. The third kappa shape index (κ3) is 9.49. The maximum atomic E-state index is 14.5. The number of piperazine rings is 1. The fourth-order valence-electron chi connectivity index (χ4n) is 9.23. The molecule has 0 aromatic heterocycles. The number of aliphatic hydroxyl groups is 1. The summed E-state index contributed by atoms with van der Waals surface area (Å²) in [5.41, 5.74) is 3.98. The number of hydrogen-bond donors (Lipinski definition) is 2. The van der Waals surface area contributed by atoms with Crippen LogP contribution in [0.15, 0.2) is 48.6 Å². The molecule has 2 bridgehead atoms. The van der Waals surface area contributed by atoms with E-state index in [1.807, 2.05) is 25.1 Å². The number of carbonyl (C=O) groups excluding carboxylic acids is 1. The van der Waals surface area contributed by atoms with Gasteiger partial charge in [-0.3, -0.25) is 19.3 Å². The molecule has 7 rings (SSSR count). The van der Waals surface area contributed by atoms with Gasteiger partial charge in [-0.25, -0.2) is 8.60 Å². The molecule has 9 unspecified atom stereocenters. The van der Waals surface area contributed by atoms with Crippen molar-refractivity contribution in [2.45, 2.75) is 89.1 Å². The van der Waals surface area contributed by atoms with Crippen molar-refractivity contribution < 1.29 is 23.2 Å². The molecule has 292 valence electrons. The molecule has 5 aliphatic rings. The van der Waals surface area contributed by atoms with Crippen molar-refractivity contribution in [3.8, 4) is 5.75 Å². The lowest BCUT2D eigenvalue weighted by molar-refractivity contribution is 0.00791. The lowest BCUT2D eigenvalue weighted by Crippen LogP contribution is -2.57. The average molecular weight is 771 g/mol. The largest absolute Gasteiger partial charge is 0.491 e. The highest BCUT2D eigenvalue weighted by Gasteiger charge is 2.41. The molecular weight excluding hydrogens is 711 g/mol. The summed E-state index contributed by atoms with van der Waals surface area (Å²) >= 11 is 6.49. The predicted molar refractivity (Wildman–Crippen MR) is 214 cm³/mol. The first kappa shape index (κ1) is 40.2. The van der Waals surface area contributed by atoms with Crippen LogP contribution in [0.25, 0.3) is 0 Å². The van der Waals surface area contributed by atoms with Crippen molar-refractivity contribution in [3.63, 3.8) is 0 Å². The zero-order valence-electron chi connectivity index (χ0n) is 32.0. The molecule has 1 saturated carbocycles. The van der Waals surface area contributed by atoms with E-state index < -0.39 is 17.2 Å². The van der Waals surface area contributed by atoms with Gasteiger partial charge in [-0.05, 0) is 111 Å². The first-order chi connectivity index (χ1) is 25.7. The SMILES string of the molecule is CCCc1cc(Cl)ccc1C1COc2ccc3cc2N(C1)CC1CCC1C(CN1CCN2CCC(F)CC2C1)/C=C/CC(C)C(C)S(=O)NC3=O.CO. The summed E-state index contributed by atoms with van der Waals surface area (Å²) in [4.78, 5) is 21.1. The minimum Gasteiger partial charge on any atom is -0.491 e. The lowest BCUT2D eigenvalue weighted by Gasteiger charge is -2.48. The van der Waals surface area contributed by atoms with E-state index in [2.05, 4.69) is 57.6 Å². The fraction of sp³-hybridized carbons (Fsp3) is 0.643. The van der Waals surface area contributed by atoms with Crippen LogP contribution in [0.3, 0.4) is 0 Å². The second-order valence-corrected chi connectivity index (χ2v) is 18.0. The van der Waals surface area contributed by atoms with Crippen LogP contribution >= 0.6 is 11.6 Å². The number of hydrogen-bond acceptors (Lipinski definition) is 7. The Balaban J connectivity index is 0.00000236. The van der Waals surface area contributed by atoms with Crippen molar-refractivity contribution in [1.29, 1.82) is 0 Å². The monoisotopic (exact) mass is 770 g/mol. The van der Waals surface area contributed by atoms with Gasteiger partial charge < -0.3 is 14.7 Å². The van der Waals surface area contributed by atoms with Gasteiger partial charge in [-0.2, -0.15) is 0 Å². The number of aliphatic hydroxyl groups excluding tert-OH is 1. The smallest absolute Gasteiger partial charge is 0.263 e. The molecule has 1 amide bonds. The maximum absolute atomic E-state index is 14.5. The summed E-state index contributed by atoms with van der Waals surface area (Å²) in [5, 5.41) is 7.56. The van der Waals surface area contributed by atoms with Gasteiger partial charge in [0.25, 0.3) is 5.91 Å². The average Bonchev–Trinajstić information content (AvgIpc) is 3.32. The first-order valence-electron chi connectivity index (χ1n) is 19.9. The normalized spacial score (nSPS) is 33.1. The van der Waals surface area contributed by atoms with Gasteiger partial charge in [-0.15, -0.1) is 0 Å². The number of halogens is 2. The highest BCUT2D eigenvalue weighted by Crippen LogP contribution is 2.45. The standard InChI is InChI=1S/C41H56ClFN4O3S.CH4O/c1-4-6-29-19-34(42)11-13-37(29)33-24-47-23-32-9-12-38(32)31(22-45-17-18-46-16-15-35(43)21-36(46)25-45)8-5-7-27(2)28(3)51(49)44-41(48)30-10-14-40(50-26-33)39(47)20-30;1-2/h5,8,10-11,13-14,19-20,27-28,31-33,35-36,38H,4,6-7,9,12,15-18,21-26H2,1-3H3,(H,44,48);2H,1H3/b8-5+;. The van der Waals surface area contributed by atoms with Crippen molar-refractivity contribution in [2.24, 2.45) is 23.7 Å². The van der Waals surface area contributed by atoms with E-state index in [4.69, 9.17) is 21.4 Å². The van der Waals surface area contributed by atoms with E-state index in [1.165, 1.54) is 24.0 Å². The van der Waals surface area contributed by atoms with Crippen LogP contribution in [-0.2, 0) is 17.4 Å². The molecule has 2 saturated heterocycles. The fourth-order valence-corrected chi connectivity index (χ4v) is 10.4. The summed E-state index contributed by atoms with van der Waals surface area (Å²) in [5.74, 6) is 2.14. The topological polar surface area (TPSA) is 85.4 Å². The van der Waals surface area contributed by atoms with Crippen LogP contribution in [0, 0.1) is 23.7 Å². The number of alkyl halides is 1. The molecule has 9 atom stereocenters. The number of benzene rings is 2. The van der Waals surface area contributed by atoms with Crippen LogP contribution in [-0.4, -0.2) is 102 Å². The number of anilines is 1. The Bertz CT molecular complexity index is 1610. The number of nitrogens with zero attached hydrogens (tertiary/aromatic N) is 3. The van der Waals surface area contributed by atoms with Crippen molar-refractivity contribution in [3.05, 3.63) is 70.3 Å². The summed E-state index contributed by atoms with van der Waals surface area (Å²) in [6.07, 6.45) is 10.6. The molecule has 2 N–H and O–H groups in total. The molecule has 2 aromatic rings. The van der Waals surface area contributed by atoms with Crippen LogP contribution in [0.4, 0.5) is 10.1 Å². The van der Waals surface area contributed by atoms with Crippen LogP contribution in [0.1, 0.15) is 86.7 Å². The highest BCUT2D eigenvalue weighted by atomic mass is 35.5. The van der Waals surface area contributed by atoms with Crippen molar-refractivity contribution >= 4 is 34.2 Å². The number of nitrogens with one attached hydrogen (secondary N) is 1. The molecule has 4 aliphatic heterocycles. The molecule has 53 heavy (non-hydrogen) atoms. The van der Waals surface area contributed by atoms with Gasteiger partial charge in [0.15, 0.2) is 0 Å². The third-order valence-electron chi connectivity index (χ3n) is 12.6. The molecule has 3 fully saturated rings. The lowest BCUT2D eigenvalue weighted by atomic mass is 9.66. The van der Waals surface area contributed by atoms with Crippen LogP contribution in [0.2, 0.25) is 5.02 Å². The zero-order chi connectivity index (χ0) is 37.6. The maximum Gasteiger partial charge on any atom is 0.263 e. The van der Waals surface area contributed by atoms with Crippen molar-refractivity contribution in [2.75, 3.05) is 64.4 Å². The minimum atomic E-state index is -1.53. The Hall–Kier alpha value is -2.50. The van der Waals surface area contributed by atoms with Crippen molar-refractivity contribution in [1.82, 2.24) is 14.5 Å². The third-order valence-corrected chi connectivity index (χ3v) is 14.4. The van der Waals surface area contributed by atoms with Gasteiger partial charge in [0.2, 0.25) is 0 Å². The molecular formula is C42H60ClFN4O4S. The van der Waals surface area contributed by atoms with E-state index in [1.54, 1.807) is 6.07 Å². The van der Waals surface area contributed by atoms with E-state index in [0.29, 0.717) is 48.8 Å². The Morgan fingerprint density at radius 2 is 1.87 bits per heavy atom. The molecule has 1 aliphatic carbocycles. The van der Waals surface area contributed by atoms with Gasteiger partial charge in [-0.1, -0.05) is 50.1 Å². The molecule has 0 spiro atoms. The molecule has 11 heteroatoms. The molecule has 0 radical (unpaired) electrons. The second-order valence-electron chi connectivity index (χ2n) is 16.0. The van der Waals surface area contributed by atoms with E-state index in [0.717, 1.165) is 88.6 Å². The van der Waals surface area contributed by atoms with Crippen LogP contribution < -0.4 is 14.4 Å². The summed E-state index contributed by atoms with van der Waals surface area (Å²) in [6.45, 7) is 13.3. The second kappa shape index (κ2) is 18.4. The number of piperidine rings is 1. The Morgan fingerprint density at radius 3 is 2.64 bits per heavy atom.